The maximum atomic E-state index is 12.3. The van der Waals surface area contributed by atoms with E-state index in [0.717, 1.165) is 41.6 Å². The molecule has 0 saturated carbocycles. The lowest BCUT2D eigenvalue weighted by Crippen LogP contribution is -2.55. The number of rotatable bonds is 7. The molecule has 0 radical (unpaired) electrons. The second-order valence-corrected chi connectivity index (χ2v) is 8.89. The van der Waals surface area contributed by atoms with Crippen LogP contribution in [0.15, 0.2) is 46.3 Å². The van der Waals surface area contributed by atoms with Gasteiger partial charge in [-0.3, -0.25) is 14.3 Å². The van der Waals surface area contributed by atoms with Crippen LogP contribution in [-0.2, 0) is 9.53 Å². The van der Waals surface area contributed by atoms with Gasteiger partial charge in [-0.2, -0.15) is 0 Å². The van der Waals surface area contributed by atoms with Crippen LogP contribution in [0.3, 0.4) is 0 Å². The third-order valence-corrected chi connectivity index (χ3v) is 6.12. The molecule has 1 aliphatic heterocycles. The fraction of sp³-hybridized carbons (Fsp3) is 0.474. The van der Waals surface area contributed by atoms with Crippen molar-refractivity contribution in [2.75, 3.05) is 38.6 Å². The molecule has 27 heavy (non-hydrogen) atoms. The molecular formula is C19H25BrN4O2S. The van der Waals surface area contributed by atoms with E-state index in [1.807, 2.05) is 35.0 Å². The van der Waals surface area contributed by atoms with Gasteiger partial charge in [0.25, 0.3) is 0 Å². The maximum absolute atomic E-state index is 12.3. The average molecular weight is 453 g/mol. The third kappa shape index (κ3) is 5.57. The van der Waals surface area contributed by atoms with E-state index in [1.54, 1.807) is 6.20 Å². The van der Waals surface area contributed by atoms with Crippen LogP contribution < -0.4 is 5.32 Å². The minimum absolute atomic E-state index is 0.0201. The second-order valence-electron chi connectivity index (χ2n) is 7.03. The highest BCUT2D eigenvalue weighted by molar-refractivity contribution is 9.10. The van der Waals surface area contributed by atoms with Gasteiger partial charge in [0.2, 0.25) is 5.91 Å². The largest absolute Gasteiger partial charge is 0.379 e. The Morgan fingerprint density at radius 3 is 2.70 bits per heavy atom. The molecule has 8 heteroatoms. The van der Waals surface area contributed by atoms with Gasteiger partial charge in [0.05, 0.1) is 19.0 Å². The lowest BCUT2D eigenvalue weighted by molar-refractivity contribution is -0.119. The summed E-state index contributed by atoms with van der Waals surface area (Å²) in [5, 5.41) is 3.87. The molecule has 2 heterocycles. The number of ether oxygens (including phenoxy) is 1. The molecule has 0 spiro atoms. The van der Waals surface area contributed by atoms with Crippen molar-refractivity contribution in [2.24, 2.45) is 0 Å². The molecule has 0 bridgehead atoms. The average Bonchev–Trinajstić information content (AvgIpc) is 3.15. The molecule has 1 aromatic heterocycles. The Kier molecular flexibility index (Phi) is 6.97. The number of carbonyl (C=O) groups excluding carboxylic acids is 1. The standard InChI is InChI=1S/C19H25BrN4O2S/c1-19(2,23-9-11-26-12-10-23)14-22-17(25)13-27-18-21-7-8-24(18)16-5-3-15(20)4-6-16/h3-8H,9-14H2,1-2H3,(H,22,25). The van der Waals surface area contributed by atoms with Crippen molar-refractivity contribution in [3.63, 3.8) is 0 Å². The smallest absolute Gasteiger partial charge is 0.230 e. The molecule has 1 saturated heterocycles. The second kappa shape index (κ2) is 9.23. The van der Waals surface area contributed by atoms with Crippen molar-refractivity contribution in [1.29, 1.82) is 0 Å². The number of hydrogen-bond acceptors (Lipinski definition) is 5. The van der Waals surface area contributed by atoms with Crippen LogP contribution in [0, 0.1) is 0 Å². The Balaban J connectivity index is 1.51. The van der Waals surface area contributed by atoms with E-state index in [0.29, 0.717) is 12.3 Å². The molecule has 1 aliphatic rings. The number of imidazole rings is 1. The summed E-state index contributed by atoms with van der Waals surface area (Å²) in [6.07, 6.45) is 3.66. The van der Waals surface area contributed by atoms with Gasteiger partial charge in [0.15, 0.2) is 5.16 Å². The number of halogens is 1. The summed E-state index contributed by atoms with van der Waals surface area (Å²) in [5.41, 5.74) is 0.937. The van der Waals surface area contributed by atoms with Crippen molar-refractivity contribution in [3.8, 4) is 5.69 Å². The third-order valence-electron chi connectivity index (χ3n) is 4.63. The Labute approximate surface area is 172 Å². The molecule has 1 aromatic carbocycles. The zero-order chi connectivity index (χ0) is 19.3. The van der Waals surface area contributed by atoms with Crippen LogP contribution in [0.1, 0.15) is 13.8 Å². The summed E-state index contributed by atoms with van der Waals surface area (Å²) in [5.74, 6) is 0.360. The van der Waals surface area contributed by atoms with Crippen molar-refractivity contribution in [1.82, 2.24) is 19.8 Å². The molecule has 1 amide bonds. The summed E-state index contributed by atoms with van der Waals surface area (Å²) in [7, 11) is 0. The number of amides is 1. The Bertz CT molecular complexity index is 757. The fourth-order valence-corrected chi connectivity index (χ4v) is 4.04. The molecule has 0 aliphatic carbocycles. The minimum Gasteiger partial charge on any atom is -0.379 e. The highest BCUT2D eigenvalue weighted by Gasteiger charge is 2.28. The predicted octanol–water partition coefficient (Wildman–Crippen LogP) is 2.95. The van der Waals surface area contributed by atoms with Crippen LogP contribution in [0.25, 0.3) is 5.69 Å². The molecule has 6 nitrogen and oxygen atoms in total. The van der Waals surface area contributed by atoms with Gasteiger partial charge >= 0.3 is 0 Å². The van der Waals surface area contributed by atoms with Gasteiger partial charge in [0.1, 0.15) is 0 Å². The molecule has 1 N–H and O–H groups in total. The SMILES string of the molecule is CC(C)(CNC(=O)CSc1nccn1-c1ccc(Br)cc1)N1CCOCC1. The van der Waals surface area contributed by atoms with E-state index in [2.05, 4.69) is 45.0 Å². The number of nitrogens with zero attached hydrogens (tertiary/aromatic N) is 3. The molecule has 1 fully saturated rings. The number of hydrogen-bond donors (Lipinski definition) is 1. The predicted molar refractivity (Wildman–Crippen MR) is 111 cm³/mol. The molecular weight excluding hydrogens is 428 g/mol. The maximum Gasteiger partial charge on any atom is 0.230 e. The lowest BCUT2D eigenvalue weighted by Gasteiger charge is -2.40. The first kappa shape index (κ1) is 20.4. The number of morpholine rings is 1. The van der Waals surface area contributed by atoms with Crippen molar-refractivity contribution < 1.29 is 9.53 Å². The van der Waals surface area contributed by atoms with Crippen LogP contribution in [0.4, 0.5) is 0 Å². The number of carbonyl (C=O) groups is 1. The van der Waals surface area contributed by atoms with Crippen molar-refractivity contribution in [2.45, 2.75) is 24.5 Å². The molecule has 146 valence electrons. The van der Waals surface area contributed by atoms with E-state index in [9.17, 15) is 4.79 Å². The Hall–Kier alpha value is -1.35. The highest BCUT2D eigenvalue weighted by atomic mass is 79.9. The van der Waals surface area contributed by atoms with Gasteiger partial charge < -0.3 is 10.1 Å². The zero-order valence-electron chi connectivity index (χ0n) is 15.7. The normalized spacial score (nSPS) is 15.7. The first-order valence-corrected chi connectivity index (χ1v) is 10.8. The highest BCUT2D eigenvalue weighted by Crippen LogP contribution is 2.22. The van der Waals surface area contributed by atoms with E-state index >= 15 is 0 Å². The first-order valence-electron chi connectivity index (χ1n) is 8.97. The van der Waals surface area contributed by atoms with Gasteiger partial charge in [-0.25, -0.2) is 4.98 Å². The summed E-state index contributed by atoms with van der Waals surface area (Å²) >= 11 is 4.89. The van der Waals surface area contributed by atoms with Crippen molar-refractivity contribution in [3.05, 3.63) is 41.1 Å². The Morgan fingerprint density at radius 2 is 2.00 bits per heavy atom. The summed E-state index contributed by atoms with van der Waals surface area (Å²) in [4.78, 5) is 19.1. The van der Waals surface area contributed by atoms with E-state index < -0.39 is 0 Å². The van der Waals surface area contributed by atoms with E-state index in [1.165, 1.54) is 11.8 Å². The Morgan fingerprint density at radius 1 is 1.30 bits per heavy atom. The monoisotopic (exact) mass is 452 g/mol. The van der Waals surface area contributed by atoms with Crippen LogP contribution >= 0.6 is 27.7 Å². The van der Waals surface area contributed by atoms with Gasteiger partial charge in [-0.15, -0.1) is 0 Å². The van der Waals surface area contributed by atoms with Crippen LogP contribution in [0.5, 0.6) is 0 Å². The quantitative estimate of drug-likeness (QED) is 0.654. The molecule has 2 aromatic rings. The summed E-state index contributed by atoms with van der Waals surface area (Å²) in [6, 6.07) is 8.01. The fourth-order valence-electron chi connectivity index (χ4n) is 2.97. The summed E-state index contributed by atoms with van der Waals surface area (Å²) in [6.45, 7) is 8.26. The number of benzene rings is 1. The van der Waals surface area contributed by atoms with Crippen molar-refractivity contribution >= 4 is 33.6 Å². The molecule has 3 rings (SSSR count). The topological polar surface area (TPSA) is 59.4 Å². The summed E-state index contributed by atoms with van der Waals surface area (Å²) < 4.78 is 8.43. The van der Waals surface area contributed by atoms with Gasteiger partial charge in [-0.05, 0) is 38.1 Å². The first-order chi connectivity index (χ1) is 13.0. The molecule has 0 atom stereocenters. The van der Waals surface area contributed by atoms with E-state index in [4.69, 9.17) is 4.74 Å². The van der Waals surface area contributed by atoms with Gasteiger partial charge in [0, 0.05) is 47.7 Å². The van der Waals surface area contributed by atoms with Gasteiger partial charge in [-0.1, -0.05) is 27.7 Å². The number of thioether (sulfide) groups is 1. The number of aromatic nitrogens is 2. The lowest BCUT2D eigenvalue weighted by atomic mass is 10.0. The minimum atomic E-state index is -0.0833. The van der Waals surface area contributed by atoms with Crippen LogP contribution in [0.2, 0.25) is 0 Å². The number of nitrogens with one attached hydrogen (secondary N) is 1. The van der Waals surface area contributed by atoms with Crippen LogP contribution in [-0.4, -0.2) is 64.5 Å². The zero-order valence-corrected chi connectivity index (χ0v) is 18.1. The van der Waals surface area contributed by atoms with E-state index in [-0.39, 0.29) is 11.4 Å². The molecule has 0 unspecified atom stereocenters.